The van der Waals surface area contributed by atoms with Crippen molar-refractivity contribution in [1.82, 2.24) is 4.33 Å². The molecule has 1 rings (SSSR count). The molecular formula is C12H16N2O6SSe. The molecular weight excluding hydrogens is 379 g/mol. The first kappa shape index (κ1) is 18.6. The molecule has 0 aliphatic rings. The molecule has 0 aliphatic heterocycles. The van der Waals surface area contributed by atoms with Crippen LogP contribution in [0.25, 0.3) is 0 Å². The molecule has 122 valence electrons. The predicted molar refractivity (Wildman–Crippen MR) is 84.1 cm³/mol. The summed E-state index contributed by atoms with van der Waals surface area (Å²) in [6.07, 6.45) is 0. The van der Waals surface area contributed by atoms with E-state index in [1.165, 1.54) is 26.4 Å². The van der Waals surface area contributed by atoms with E-state index in [1.807, 2.05) is 0 Å². The van der Waals surface area contributed by atoms with Crippen LogP contribution in [0.2, 0.25) is 0 Å². The Morgan fingerprint density at radius 3 is 2.50 bits per heavy atom. The van der Waals surface area contributed by atoms with Crippen molar-refractivity contribution >= 4 is 39.5 Å². The number of nitro benzene ring substituents is 1. The topological polar surface area (TPSA) is 111 Å². The quantitative estimate of drug-likeness (QED) is 0.244. The molecule has 0 saturated heterocycles. The summed E-state index contributed by atoms with van der Waals surface area (Å²) in [5.41, 5.74) is 0.373. The van der Waals surface area contributed by atoms with Crippen LogP contribution in [0.1, 0.15) is 5.56 Å². The van der Waals surface area contributed by atoms with Gasteiger partial charge in [-0.05, 0) is 0 Å². The Labute approximate surface area is 139 Å². The van der Waals surface area contributed by atoms with E-state index in [-0.39, 0.29) is 32.4 Å². The number of carboxylic acid groups (broad SMARTS) is 1. The van der Waals surface area contributed by atoms with Gasteiger partial charge in [0, 0.05) is 0 Å². The minimum absolute atomic E-state index is 0.0842. The number of nitrogens with zero attached hydrogens (tertiary/aromatic N) is 1. The molecule has 8 nitrogen and oxygen atoms in total. The minimum atomic E-state index is -1.00. The zero-order valence-corrected chi connectivity index (χ0v) is 14.5. The number of benzene rings is 1. The van der Waals surface area contributed by atoms with Crippen LogP contribution in [0.3, 0.4) is 0 Å². The molecule has 0 heterocycles. The maximum atomic E-state index is 11.1. The fourth-order valence-electron chi connectivity index (χ4n) is 1.58. The molecule has 1 aromatic rings. The number of ether oxygens (including phenoxy) is 2. The van der Waals surface area contributed by atoms with Gasteiger partial charge in [-0.2, -0.15) is 0 Å². The Morgan fingerprint density at radius 1 is 1.45 bits per heavy atom. The molecule has 1 unspecified atom stereocenters. The van der Waals surface area contributed by atoms with Crippen LogP contribution < -0.4 is 13.8 Å². The molecule has 0 saturated carbocycles. The van der Waals surface area contributed by atoms with Crippen molar-refractivity contribution in [3.8, 4) is 11.5 Å². The fourth-order valence-corrected chi connectivity index (χ4v) is 3.90. The van der Waals surface area contributed by atoms with Crippen LogP contribution in [-0.2, 0) is 10.1 Å². The maximum absolute atomic E-state index is 11.1. The molecule has 0 amide bonds. The van der Waals surface area contributed by atoms with Gasteiger partial charge in [0.15, 0.2) is 0 Å². The standard InChI is InChI=1S/C12H16N2O6SSe/c1-19-10-3-7(6-22-13-8(5-21)12(15)16)9(14(17)18)4-11(10)20-2/h3-4,8,13,21H,5-6H2,1-2H3,(H,15,16). The molecule has 0 fully saturated rings. The van der Waals surface area contributed by atoms with Crippen molar-refractivity contribution in [3.05, 3.63) is 27.8 Å². The molecule has 2 N–H and O–H groups in total. The average molecular weight is 395 g/mol. The Bertz CT molecular complexity index is 557. The number of nitrogens with one attached hydrogen (secondary N) is 1. The summed E-state index contributed by atoms with van der Waals surface area (Å²) in [5, 5.41) is 20.4. The third-order valence-electron chi connectivity index (χ3n) is 2.72. The predicted octanol–water partition coefficient (Wildman–Crippen LogP) is 0.704. The normalized spacial score (nSPS) is 11.8. The van der Waals surface area contributed by atoms with E-state index in [9.17, 15) is 14.9 Å². The molecule has 1 atom stereocenters. The van der Waals surface area contributed by atoms with Gasteiger partial charge in [-0.1, -0.05) is 0 Å². The monoisotopic (exact) mass is 396 g/mol. The number of thiol groups is 1. The van der Waals surface area contributed by atoms with Crippen molar-refractivity contribution in [2.75, 3.05) is 20.0 Å². The summed E-state index contributed by atoms with van der Waals surface area (Å²) < 4.78 is 13.0. The van der Waals surface area contributed by atoms with Gasteiger partial charge >= 0.3 is 139 Å². The van der Waals surface area contributed by atoms with Crippen LogP contribution in [-0.4, -0.2) is 57.2 Å². The van der Waals surface area contributed by atoms with E-state index in [2.05, 4.69) is 17.0 Å². The molecule has 10 heteroatoms. The molecule has 0 radical (unpaired) electrons. The van der Waals surface area contributed by atoms with Gasteiger partial charge in [0.25, 0.3) is 0 Å². The third-order valence-corrected chi connectivity index (χ3v) is 4.98. The van der Waals surface area contributed by atoms with Crippen LogP contribution in [0.5, 0.6) is 11.5 Å². The van der Waals surface area contributed by atoms with Crippen molar-refractivity contribution < 1.29 is 24.3 Å². The number of nitro groups is 1. The molecule has 0 aromatic heterocycles. The van der Waals surface area contributed by atoms with Gasteiger partial charge in [0.05, 0.1) is 0 Å². The number of hydrogen-bond acceptors (Lipinski definition) is 7. The van der Waals surface area contributed by atoms with E-state index in [1.54, 1.807) is 0 Å². The number of carboxylic acids is 1. The van der Waals surface area contributed by atoms with Crippen molar-refractivity contribution in [1.29, 1.82) is 0 Å². The number of carbonyl (C=O) groups is 1. The third kappa shape index (κ3) is 4.77. The second-order valence-electron chi connectivity index (χ2n) is 4.07. The van der Waals surface area contributed by atoms with Crippen LogP contribution >= 0.6 is 12.6 Å². The Morgan fingerprint density at radius 2 is 2.05 bits per heavy atom. The summed E-state index contributed by atoms with van der Waals surface area (Å²) in [5.74, 6) is -0.191. The van der Waals surface area contributed by atoms with Crippen LogP contribution in [0.15, 0.2) is 12.1 Å². The van der Waals surface area contributed by atoms with Gasteiger partial charge in [-0.15, -0.1) is 0 Å². The van der Waals surface area contributed by atoms with E-state index >= 15 is 0 Å². The Kier molecular flexibility index (Phi) is 7.46. The first-order valence-electron chi connectivity index (χ1n) is 6.04. The zero-order valence-electron chi connectivity index (χ0n) is 11.9. The molecule has 0 spiro atoms. The zero-order chi connectivity index (χ0) is 16.7. The molecule has 0 aliphatic carbocycles. The fraction of sp³-hybridized carbons (Fsp3) is 0.417. The summed E-state index contributed by atoms with van der Waals surface area (Å²) in [7, 11) is 2.84. The molecule has 22 heavy (non-hydrogen) atoms. The van der Waals surface area contributed by atoms with E-state index in [4.69, 9.17) is 14.6 Å². The van der Waals surface area contributed by atoms with Gasteiger partial charge in [0.2, 0.25) is 0 Å². The number of aliphatic carboxylic acids is 1. The van der Waals surface area contributed by atoms with Crippen molar-refractivity contribution in [2.24, 2.45) is 0 Å². The summed E-state index contributed by atoms with van der Waals surface area (Å²) in [6, 6.07) is 2.07. The molecule has 0 bridgehead atoms. The van der Waals surface area contributed by atoms with E-state index < -0.39 is 16.9 Å². The number of methoxy groups -OCH3 is 2. The van der Waals surface area contributed by atoms with Gasteiger partial charge in [-0.3, -0.25) is 0 Å². The average Bonchev–Trinajstić information content (AvgIpc) is 2.50. The van der Waals surface area contributed by atoms with Gasteiger partial charge in [-0.25, -0.2) is 0 Å². The summed E-state index contributed by atoms with van der Waals surface area (Å²) in [4.78, 5) is 21.5. The van der Waals surface area contributed by atoms with Crippen molar-refractivity contribution in [2.45, 2.75) is 11.4 Å². The van der Waals surface area contributed by atoms with Gasteiger partial charge < -0.3 is 0 Å². The second-order valence-corrected chi connectivity index (χ2v) is 6.14. The number of rotatable bonds is 9. The summed E-state index contributed by atoms with van der Waals surface area (Å²) in [6.45, 7) is 0. The first-order valence-corrected chi connectivity index (χ1v) is 8.74. The van der Waals surface area contributed by atoms with Gasteiger partial charge in [0.1, 0.15) is 0 Å². The van der Waals surface area contributed by atoms with E-state index in [0.717, 1.165) is 0 Å². The Balaban J connectivity index is 2.93. The first-order chi connectivity index (χ1) is 10.4. The Hall–Kier alpha value is -1.48. The SMILES string of the molecule is COc1cc(C[Se]NC(CS)C(=O)O)c([N+](=O)[O-])cc1OC. The second kappa shape index (κ2) is 8.84. The van der Waals surface area contributed by atoms with E-state index in [0.29, 0.717) is 16.6 Å². The molecule has 1 aromatic carbocycles. The summed E-state index contributed by atoms with van der Waals surface area (Å²) >= 11 is 3.61. The number of hydrogen-bond donors (Lipinski definition) is 3. The van der Waals surface area contributed by atoms with Crippen molar-refractivity contribution in [3.63, 3.8) is 0 Å². The van der Waals surface area contributed by atoms with Crippen LogP contribution in [0.4, 0.5) is 5.69 Å². The van der Waals surface area contributed by atoms with Crippen LogP contribution in [0, 0.1) is 10.1 Å².